The van der Waals surface area contributed by atoms with Gasteiger partial charge in [-0.05, 0) is 66.6 Å². The summed E-state index contributed by atoms with van der Waals surface area (Å²) in [5, 5.41) is 4.16. The SMILES string of the molecule is O=C(COC(=O)c1ccc(Cn2cccn2)cc1)c1ccc2c(c1)CCCC2. The van der Waals surface area contributed by atoms with Crippen LogP contribution in [0.15, 0.2) is 60.9 Å². The molecule has 0 N–H and O–H groups in total. The van der Waals surface area contributed by atoms with Crippen LogP contribution < -0.4 is 0 Å². The number of nitrogens with zero attached hydrogens (tertiary/aromatic N) is 2. The smallest absolute Gasteiger partial charge is 0.338 e. The molecule has 28 heavy (non-hydrogen) atoms. The zero-order valence-electron chi connectivity index (χ0n) is 15.6. The summed E-state index contributed by atoms with van der Waals surface area (Å²) in [5.74, 6) is -0.658. The summed E-state index contributed by atoms with van der Waals surface area (Å²) in [6, 6.07) is 14.8. The third-order valence-corrected chi connectivity index (χ3v) is 5.10. The minimum Gasteiger partial charge on any atom is -0.454 e. The lowest BCUT2D eigenvalue weighted by Gasteiger charge is -2.16. The monoisotopic (exact) mass is 374 g/mol. The Balaban J connectivity index is 1.34. The van der Waals surface area contributed by atoms with Gasteiger partial charge in [0, 0.05) is 18.0 Å². The van der Waals surface area contributed by atoms with Crippen LogP contribution in [0.5, 0.6) is 0 Å². The zero-order valence-corrected chi connectivity index (χ0v) is 15.6. The predicted molar refractivity (Wildman–Crippen MR) is 105 cm³/mol. The normalized spacial score (nSPS) is 13.0. The molecular weight excluding hydrogens is 352 g/mol. The molecule has 1 aliphatic rings. The molecule has 2 aromatic carbocycles. The summed E-state index contributed by atoms with van der Waals surface area (Å²) in [5.41, 5.74) is 4.65. The van der Waals surface area contributed by atoms with E-state index >= 15 is 0 Å². The van der Waals surface area contributed by atoms with Crippen molar-refractivity contribution in [2.24, 2.45) is 0 Å². The summed E-state index contributed by atoms with van der Waals surface area (Å²) >= 11 is 0. The molecule has 3 aromatic rings. The molecule has 0 aliphatic heterocycles. The molecule has 0 saturated heterocycles. The number of aryl methyl sites for hydroxylation is 2. The minimum atomic E-state index is -0.489. The Bertz CT molecular complexity index is 976. The van der Waals surface area contributed by atoms with Crippen molar-refractivity contribution in [3.63, 3.8) is 0 Å². The van der Waals surface area contributed by atoms with Crippen LogP contribution in [-0.2, 0) is 24.1 Å². The lowest BCUT2D eigenvalue weighted by Crippen LogP contribution is -2.15. The van der Waals surface area contributed by atoms with Gasteiger partial charge >= 0.3 is 5.97 Å². The molecule has 0 bridgehead atoms. The number of ketones is 1. The van der Waals surface area contributed by atoms with E-state index in [-0.39, 0.29) is 12.4 Å². The van der Waals surface area contributed by atoms with E-state index in [2.05, 4.69) is 5.10 Å². The molecule has 0 saturated carbocycles. The van der Waals surface area contributed by atoms with Crippen molar-refractivity contribution in [1.29, 1.82) is 0 Å². The number of aromatic nitrogens is 2. The number of carbonyl (C=O) groups excluding carboxylic acids is 2. The number of hydrogen-bond donors (Lipinski definition) is 0. The topological polar surface area (TPSA) is 61.2 Å². The Morgan fingerprint density at radius 2 is 1.71 bits per heavy atom. The van der Waals surface area contributed by atoms with Crippen LogP contribution in [0.25, 0.3) is 0 Å². The van der Waals surface area contributed by atoms with Gasteiger partial charge in [-0.2, -0.15) is 5.10 Å². The van der Waals surface area contributed by atoms with Gasteiger partial charge < -0.3 is 4.74 Å². The van der Waals surface area contributed by atoms with E-state index in [1.54, 1.807) is 18.3 Å². The van der Waals surface area contributed by atoms with Crippen molar-refractivity contribution in [3.8, 4) is 0 Å². The van der Waals surface area contributed by atoms with Crippen molar-refractivity contribution in [2.45, 2.75) is 32.2 Å². The van der Waals surface area contributed by atoms with Crippen LogP contribution in [0.3, 0.4) is 0 Å². The fourth-order valence-electron chi connectivity index (χ4n) is 3.53. The van der Waals surface area contributed by atoms with Gasteiger partial charge in [-0.15, -0.1) is 0 Å². The van der Waals surface area contributed by atoms with Crippen LogP contribution >= 0.6 is 0 Å². The Morgan fingerprint density at radius 1 is 0.964 bits per heavy atom. The highest BCUT2D eigenvalue weighted by atomic mass is 16.5. The molecule has 5 nitrogen and oxygen atoms in total. The Kier molecular flexibility index (Phi) is 5.33. The van der Waals surface area contributed by atoms with E-state index in [9.17, 15) is 9.59 Å². The molecule has 142 valence electrons. The van der Waals surface area contributed by atoms with Gasteiger partial charge in [0.15, 0.2) is 12.4 Å². The minimum absolute atomic E-state index is 0.169. The number of Topliss-reactive ketones (excluding diaryl/α,β-unsaturated/α-hetero) is 1. The maximum absolute atomic E-state index is 12.4. The maximum atomic E-state index is 12.4. The maximum Gasteiger partial charge on any atom is 0.338 e. The van der Waals surface area contributed by atoms with E-state index in [1.807, 2.05) is 47.3 Å². The first-order chi connectivity index (χ1) is 13.7. The summed E-state index contributed by atoms with van der Waals surface area (Å²) in [7, 11) is 0. The van der Waals surface area contributed by atoms with Gasteiger partial charge in [-0.25, -0.2) is 4.79 Å². The lowest BCUT2D eigenvalue weighted by molar-refractivity contribution is 0.0474. The van der Waals surface area contributed by atoms with E-state index in [4.69, 9.17) is 4.74 Å². The fourth-order valence-corrected chi connectivity index (χ4v) is 3.53. The third-order valence-electron chi connectivity index (χ3n) is 5.10. The highest BCUT2D eigenvalue weighted by Crippen LogP contribution is 2.22. The van der Waals surface area contributed by atoms with Crippen molar-refractivity contribution < 1.29 is 14.3 Å². The Labute approximate surface area is 164 Å². The predicted octanol–water partition coefficient (Wildman–Crippen LogP) is 3.85. The highest BCUT2D eigenvalue weighted by Gasteiger charge is 2.15. The number of fused-ring (bicyclic) bond motifs is 1. The second-order valence-corrected chi connectivity index (χ2v) is 7.09. The average Bonchev–Trinajstić information content (AvgIpc) is 3.25. The van der Waals surface area contributed by atoms with Crippen LogP contribution in [0.4, 0.5) is 0 Å². The molecule has 1 heterocycles. The quantitative estimate of drug-likeness (QED) is 0.486. The zero-order chi connectivity index (χ0) is 19.3. The molecule has 0 spiro atoms. The van der Waals surface area contributed by atoms with Gasteiger partial charge in [0.05, 0.1) is 12.1 Å². The first-order valence-corrected chi connectivity index (χ1v) is 9.57. The molecule has 0 radical (unpaired) electrons. The number of esters is 1. The van der Waals surface area contributed by atoms with Gasteiger partial charge in [-0.3, -0.25) is 9.48 Å². The van der Waals surface area contributed by atoms with E-state index in [0.29, 0.717) is 17.7 Å². The highest BCUT2D eigenvalue weighted by molar-refractivity contribution is 5.99. The standard InChI is InChI=1S/C23H22N2O3/c26-22(21-11-10-18-4-1-2-5-20(18)14-21)16-28-23(27)19-8-6-17(7-9-19)15-25-13-3-12-24-25/h3,6-14H,1-2,4-5,15-16H2. The molecule has 5 heteroatoms. The largest absolute Gasteiger partial charge is 0.454 e. The first-order valence-electron chi connectivity index (χ1n) is 9.57. The molecule has 0 fully saturated rings. The van der Waals surface area contributed by atoms with Gasteiger partial charge in [0.25, 0.3) is 0 Å². The Morgan fingerprint density at radius 3 is 2.46 bits per heavy atom. The van der Waals surface area contributed by atoms with Crippen molar-refractivity contribution in [3.05, 3.63) is 88.7 Å². The number of rotatable bonds is 6. The second kappa shape index (κ2) is 8.21. The molecule has 0 unspecified atom stereocenters. The molecule has 0 atom stereocenters. The van der Waals surface area contributed by atoms with E-state index in [1.165, 1.54) is 17.5 Å². The molecule has 4 rings (SSSR count). The summed E-state index contributed by atoms with van der Waals surface area (Å²) < 4.78 is 7.04. The van der Waals surface area contributed by atoms with E-state index in [0.717, 1.165) is 24.8 Å². The first kappa shape index (κ1) is 18.2. The van der Waals surface area contributed by atoms with Crippen LogP contribution in [-0.4, -0.2) is 28.1 Å². The number of benzene rings is 2. The average molecular weight is 374 g/mol. The number of hydrogen-bond acceptors (Lipinski definition) is 4. The third kappa shape index (κ3) is 4.19. The van der Waals surface area contributed by atoms with Crippen molar-refractivity contribution >= 4 is 11.8 Å². The van der Waals surface area contributed by atoms with Gasteiger partial charge in [-0.1, -0.05) is 24.3 Å². The summed E-state index contributed by atoms with van der Waals surface area (Å²) in [4.78, 5) is 24.7. The van der Waals surface area contributed by atoms with Gasteiger partial charge in [0.1, 0.15) is 0 Å². The number of carbonyl (C=O) groups is 2. The fraction of sp³-hybridized carbons (Fsp3) is 0.261. The van der Waals surface area contributed by atoms with Crippen LogP contribution in [0.1, 0.15) is 50.2 Å². The molecular formula is C23H22N2O3. The Hall–Kier alpha value is -3.21. The molecule has 0 amide bonds. The number of ether oxygens (including phenoxy) is 1. The lowest BCUT2D eigenvalue weighted by atomic mass is 9.90. The van der Waals surface area contributed by atoms with Crippen molar-refractivity contribution in [1.82, 2.24) is 9.78 Å². The summed E-state index contributed by atoms with van der Waals surface area (Å²) in [6.45, 7) is 0.395. The van der Waals surface area contributed by atoms with Gasteiger partial charge in [0.2, 0.25) is 0 Å². The van der Waals surface area contributed by atoms with Crippen molar-refractivity contribution in [2.75, 3.05) is 6.61 Å². The molecule has 1 aliphatic carbocycles. The van der Waals surface area contributed by atoms with E-state index < -0.39 is 5.97 Å². The molecule has 1 aromatic heterocycles. The van der Waals surface area contributed by atoms with Crippen LogP contribution in [0, 0.1) is 0 Å². The second-order valence-electron chi connectivity index (χ2n) is 7.09. The summed E-state index contributed by atoms with van der Waals surface area (Å²) in [6.07, 6.45) is 8.07. The van der Waals surface area contributed by atoms with Crippen LogP contribution in [0.2, 0.25) is 0 Å².